The van der Waals surface area contributed by atoms with Gasteiger partial charge in [0, 0.05) is 10.9 Å². The second-order valence-electron chi connectivity index (χ2n) is 4.31. The number of aryl methyl sites for hydroxylation is 1. The molecule has 0 aliphatic rings. The highest BCUT2D eigenvalue weighted by atomic mass is 79.9. The predicted molar refractivity (Wildman–Crippen MR) is 76.7 cm³/mol. The second kappa shape index (κ2) is 6.50. The normalized spacial score (nSPS) is 12.8. The summed E-state index contributed by atoms with van der Waals surface area (Å²) in [4.78, 5) is 10.9. The van der Waals surface area contributed by atoms with Crippen LogP contribution in [0.2, 0.25) is 0 Å². The third-order valence-corrected chi connectivity index (χ3v) is 5.10. The Kier molecular flexibility index (Phi) is 5.59. The lowest BCUT2D eigenvalue weighted by Gasteiger charge is -2.13. The van der Waals surface area contributed by atoms with Crippen molar-refractivity contribution < 1.29 is 4.92 Å². The average molecular weight is 365 g/mol. The standard InChI is InChI=1S/C12H15Br2NO2/c1-8(2)10(13)7-6-9-4-3-5-11(12(9)14)15(16)17/h3-5,8,10H,6-7H2,1-2H3. The highest BCUT2D eigenvalue weighted by molar-refractivity contribution is 9.10. The molecule has 1 atom stereocenters. The molecule has 0 saturated heterocycles. The third-order valence-electron chi connectivity index (χ3n) is 2.67. The summed E-state index contributed by atoms with van der Waals surface area (Å²) in [6, 6.07) is 5.18. The monoisotopic (exact) mass is 363 g/mol. The van der Waals surface area contributed by atoms with E-state index < -0.39 is 0 Å². The van der Waals surface area contributed by atoms with Crippen LogP contribution in [0, 0.1) is 16.0 Å². The highest BCUT2D eigenvalue weighted by Crippen LogP contribution is 2.30. The van der Waals surface area contributed by atoms with Crippen LogP contribution < -0.4 is 0 Å². The summed E-state index contributed by atoms with van der Waals surface area (Å²) >= 11 is 6.93. The first kappa shape index (κ1) is 14.6. The molecule has 0 saturated carbocycles. The fraction of sp³-hybridized carbons (Fsp3) is 0.500. The highest BCUT2D eigenvalue weighted by Gasteiger charge is 2.16. The Morgan fingerprint density at radius 2 is 2.06 bits per heavy atom. The van der Waals surface area contributed by atoms with E-state index in [2.05, 4.69) is 45.7 Å². The number of nitro groups is 1. The zero-order chi connectivity index (χ0) is 13.0. The zero-order valence-electron chi connectivity index (χ0n) is 9.82. The summed E-state index contributed by atoms with van der Waals surface area (Å²) in [5.74, 6) is 0.562. The lowest BCUT2D eigenvalue weighted by molar-refractivity contribution is -0.385. The van der Waals surface area contributed by atoms with Crippen LogP contribution in [0.1, 0.15) is 25.8 Å². The van der Waals surface area contributed by atoms with Crippen molar-refractivity contribution >= 4 is 37.5 Å². The van der Waals surface area contributed by atoms with Crippen LogP contribution in [0.15, 0.2) is 22.7 Å². The number of hydrogen-bond acceptors (Lipinski definition) is 2. The molecule has 17 heavy (non-hydrogen) atoms. The van der Waals surface area contributed by atoms with Crippen molar-refractivity contribution in [1.82, 2.24) is 0 Å². The van der Waals surface area contributed by atoms with Crippen molar-refractivity contribution in [2.45, 2.75) is 31.5 Å². The molecule has 1 aromatic carbocycles. The van der Waals surface area contributed by atoms with Crippen molar-refractivity contribution in [3.05, 3.63) is 38.3 Å². The van der Waals surface area contributed by atoms with E-state index in [0.717, 1.165) is 18.4 Å². The van der Waals surface area contributed by atoms with Gasteiger partial charge >= 0.3 is 0 Å². The van der Waals surface area contributed by atoms with Crippen LogP contribution in [0.3, 0.4) is 0 Å². The van der Waals surface area contributed by atoms with Gasteiger partial charge in [-0.25, -0.2) is 0 Å². The van der Waals surface area contributed by atoms with Crippen molar-refractivity contribution in [3.63, 3.8) is 0 Å². The van der Waals surface area contributed by atoms with E-state index in [0.29, 0.717) is 15.2 Å². The number of rotatable bonds is 5. The lowest BCUT2D eigenvalue weighted by Crippen LogP contribution is -2.08. The molecular weight excluding hydrogens is 350 g/mol. The molecule has 1 aromatic rings. The fourth-order valence-corrected chi connectivity index (χ4v) is 2.36. The van der Waals surface area contributed by atoms with Gasteiger partial charge in [0.2, 0.25) is 0 Å². The summed E-state index contributed by atoms with van der Waals surface area (Å²) < 4.78 is 0.605. The van der Waals surface area contributed by atoms with Crippen LogP contribution in [0.4, 0.5) is 5.69 Å². The molecular formula is C12H15Br2NO2. The Morgan fingerprint density at radius 3 is 2.59 bits per heavy atom. The van der Waals surface area contributed by atoms with Gasteiger partial charge in [-0.3, -0.25) is 10.1 Å². The van der Waals surface area contributed by atoms with Crippen LogP contribution >= 0.6 is 31.9 Å². The van der Waals surface area contributed by atoms with Crippen LogP contribution in [-0.4, -0.2) is 9.75 Å². The van der Waals surface area contributed by atoms with E-state index >= 15 is 0 Å². The molecule has 0 radical (unpaired) electrons. The van der Waals surface area contributed by atoms with Crippen molar-refractivity contribution in [3.8, 4) is 0 Å². The molecule has 0 N–H and O–H groups in total. The van der Waals surface area contributed by atoms with E-state index in [4.69, 9.17) is 0 Å². The number of nitrogens with zero attached hydrogens (tertiary/aromatic N) is 1. The maximum Gasteiger partial charge on any atom is 0.283 e. The fourth-order valence-electron chi connectivity index (χ4n) is 1.53. The van der Waals surface area contributed by atoms with Gasteiger partial charge in [-0.15, -0.1) is 0 Å². The maximum atomic E-state index is 10.8. The van der Waals surface area contributed by atoms with Crippen LogP contribution in [-0.2, 0) is 6.42 Å². The van der Waals surface area contributed by atoms with Crippen LogP contribution in [0.25, 0.3) is 0 Å². The first-order chi connectivity index (χ1) is 7.93. The Hall–Kier alpha value is -0.420. The molecule has 0 fully saturated rings. The lowest BCUT2D eigenvalue weighted by atomic mass is 10.0. The molecule has 1 rings (SSSR count). The Balaban J connectivity index is 2.79. The summed E-state index contributed by atoms with van der Waals surface area (Å²) in [7, 11) is 0. The number of nitro benzene ring substituents is 1. The van der Waals surface area contributed by atoms with Crippen molar-refractivity contribution in [2.24, 2.45) is 5.92 Å². The minimum atomic E-state index is -0.359. The van der Waals surface area contributed by atoms with E-state index in [1.165, 1.54) is 6.07 Å². The smallest absolute Gasteiger partial charge is 0.258 e. The molecule has 0 aliphatic heterocycles. The molecule has 0 aliphatic carbocycles. The molecule has 5 heteroatoms. The number of hydrogen-bond donors (Lipinski definition) is 0. The van der Waals surface area contributed by atoms with Gasteiger partial charge in [0.05, 0.1) is 9.40 Å². The SMILES string of the molecule is CC(C)C(Br)CCc1cccc([N+](=O)[O-])c1Br. The minimum absolute atomic E-state index is 0.137. The molecule has 0 amide bonds. The molecule has 0 aromatic heterocycles. The summed E-state index contributed by atoms with van der Waals surface area (Å²) in [5.41, 5.74) is 1.13. The Morgan fingerprint density at radius 1 is 1.41 bits per heavy atom. The molecule has 0 heterocycles. The van der Waals surface area contributed by atoms with Gasteiger partial charge in [0.15, 0.2) is 0 Å². The van der Waals surface area contributed by atoms with Crippen molar-refractivity contribution in [1.29, 1.82) is 0 Å². The maximum absolute atomic E-state index is 10.8. The van der Waals surface area contributed by atoms with Gasteiger partial charge in [-0.2, -0.15) is 0 Å². The van der Waals surface area contributed by atoms with Gasteiger partial charge in [0.1, 0.15) is 0 Å². The number of halogens is 2. The number of benzene rings is 1. The van der Waals surface area contributed by atoms with Gasteiger partial charge in [-0.1, -0.05) is 41.9 Å². The molecule has 0 bridgehead atoms. The summed E-state index contributed by atoms with van der Waals surface area (Å²) in [6.07, 6.45) is 1.80. The number of alkyl halides is 1. The average Bonchev–Trinajstić information content (AvgIpc) is 2.26. The largest absolute Gasteiger partial charge is 0.283 e. The topological polar surface area (TPSA) is 43.1 Å². The summed E-state index contributed by atoms with van der Waals surface area (Å²) in [6.45, 7) is 4.31. The van der Waals surface area contributed by atoms with Crippen LogP contribution in [0.5, 0.6) is 0 Å². The first-order valence-corrected chi connectivity index (χ1v) is 7.20. The van der Waals surface area contributed by atoms with E-state index in [9.17, 15) is 10.1 Å². The van der Waals surface area contributed by atoms with E-state index in [-0.39, 0.29) is 10.6 Å². The molecule has 94 valence electrons. The summed E-state index contributed by atoms with van der Waals surface area (Å²) in [5, 5.41) is 10.8. The van der Waals surface area contributed by atoms with Gasteiger partial charge in [0.25, 0.3) is 5.69 Å². The van der Waals surface area contributed by atoms with E-state index in [1.54, 1.807) is 6.07 Å². The van der Waals surface area contributed by atoms with E-state index in [1.807, 2.05) is 6.07 Å². The second-order valence-corrected chi connectivity index (χ2v) is 6.28. The van der Waals surface area contributed by atoms with Gasteiger partial charge < -0.3 is 0 Å². The third kappa shape index (κ3) is 4.07. The first-order valence-electron chi connectivity index (χ1n) is 5.49. The Bertz CT molecular complexity index is 407. The zero-order valence-corrected chi connectivity index (χ0v) is 13.0. The quantitative estimate of drug-likeness (QED) is 0.431. The molecule has 0 spiro atoms. The predicted octanol–water partition coefficient (Wildman–Crippen LogP) is 4.71. The van der Waals surface area contributed by atoms with Gasteiger partial charge in [-0.05, 0) is 40.3 Å². The molecule has 3 nitrogen and oxygen atoms in total. The van der Waals surface area contributed by atoms with Crippen molar-refractivity contribution in [2.75, 3.05) is 0 Å². The Labute approximate surface area is 118 Å². The minimum Gasteiger partial charge on any atom is -0.258 e. The molecule has 1 unspecified atom stereocenters.